The lowest BCUT2D eigenvalue weighted by Crippen LogP contribution is -2.45. The second-order valence-corrected chi connectivity index (χ2v) is 21.7. The van der Waals surface area contributed by atoms with Crippen molar-refractivity contribution in [3.05, 3.63) is 70.8 Å². The van der Waals surface area contributed by atoms with E-state index in [1.807, 2.05) is 12.1 Å². The number of hydrogen-bond acceptors (Lipinski definition) is 1. The van der Waals surface area contributed by atoms with Crippen LogP contribution in [0.2, 0.25) is 0 Å². The maximum atomic E-state index is 15.4. The Morgan fingerprint density at radius 3 is 1.39 bits per heavy atom. The van der Waals surface area contributed by atoms with Gasteiger partial charge in [0.15, 0.2) is 0 Å². The van der Waals surface area contributed by atoms with Gasteiger partial charge in [-0.2, -0.15) is 0 Å². The normalized spacial score (nSPS) is 33.7. The van der Waals surface area contributed by atoms with Gasteiger partial charge in [-0.25, -0.2) is 8.78 Å². The SMILES string of the molecule is CCCC1CCC(c2cccc(F)c2)CC1.CCCCCC12CCC(O)(CC1)CC2.CCCCCC12CCC(c3ccc(C4CCC(CCC)CC4)cc3F)(CC1)CC2. The average Bonchev–Trinajstić information content (AvgIpc) is 3.26. The van der Waals surface area contributed by atoms with Crippen LogP contribution >= 0.6 is 0 Å². The molecule has 332 valence electrons. The van der Waals surface area contributed by atoms with Crippen molar-refractivity contribution < 1.29 is 13.9 Å². The summed E-state index contributed by atoms with van der Waals surface area (Å²) in [7, 11) is 0. The molecule has 0 unspecified atom stereocenters. The van der Waals surface area contributed by atoms with Gasteiger partial charge in [-0.05, 0) is 216 Å². The van der Waals surface area contributed by atoms with Crippen LogP contribution < -0.4 is 0 Å². The summed E-state index contributed by atoms with van der Waals surface area (Å²) in [5, 5.41) is 10.1. The second kappa shape index (κ2) is 22.1. The van der Waals surface area contributed by atoms with E-state index >= 15 is 4.39 Å². The molecule has 3 heteroatoms. The molecule has 1 nitrogen and oxygen atoms in total. The molecular weight excluding hydrogens is 727 g/mol. The lowest BCUT2D eigenvalue weighted by Gasteiger charge is -2.54. The molecule has 0 aliphatic heterocycles. The Kier molecular flexibility index (Phi) is 17.5. The number of unbranched alkanes of at least 4 members (excludes halogenated alkanes) is 4. The summed E-state index contributed by atoms with van der Waals surface area (Å²) in [6.45, 7) is 9.13. The van der Waals surface area contributed by atoms with Crippen LogP contribution in [0.4, 0.5) is 8.78 Å². The van der Waals surface area contributed by atoms with Crippen LogP contribution in [-0.4, -0.2) is 10.7 Å². The van der Waals surface area contributed by atoms with Crippen molar-refractivity contribution in [2.75, 3.05) is 0 Å². The lowest BCUT2D eigenvalue weighted by molar-refractivity contribution is -0.0948. The summed E-state index contributed by atoms with van der Waals surface area (Å²) in [6, 6.07) is 13.6. The zero-order valence-corrected chi connectivity index (χ0v) is 38.7. The lowest BCUT2D eigenvalue weighted by atomic mass is 9.51. The van der Waals surface area contributed by atoms with E-state index in [2.05, 4.69) is 45.9 Å². The molecule has 0 heterocycles. The number of rotatable bonds is 15. The Labute approximate surface area is 362 Å². The monoisotopic (exact) mass is 815 g/mol. The van der Waals surface area contributed by atoms with Crippen LogP contribution in [0.5, 0.6) is 0 Å². The van der Waals surface area contributed by atoms with Gasteiger partial charge in [-0.1, -0.05) is 116 Å². The molecule has 8 aliphatic rings. The molecule has 2 aromatic carbocycles. The highest BCUT2D eigenvalue weighted by Crippen LogP contribution is 2.60. The second-order valence-electron chi connectivity index (χ2n) is 21.7. The Morgan fingerprint density at radius 1 is 0.508 bits per heavy atom. The minimum absolute atomic E-state index is 0.0896. The molecule has 4 bridgehead atoms. The van der Waals surface area contributed by atoms with Gasteiger partial charge in [-0.15, -0.1) is 0 Å². The van der Waals surface area contributed by atoms with E-state index < -0.39 is 0 Å². The van der Waals surface area contributed by atoms with E-state index in [1.165, 1.54) is 203 Å². The van der Waals surface area contributed by atoms with Crippen LogP contribution in [0.1, 0.15) is 262 Å². The third-order valence-electron chi connectivity index (χ3n) is 17.8. The van der Waals surface area contributed by atoms with Gasteiger partial charge in [0.25, 0.3) is 0 Å². The summed E-state index contributed by atoms with van der Waals surface area (Å²) >= 11 is 0. The molecule has 0 atom stereocenters. The van der Waals surface area contributed by atoms with Gasteiger partial charge < -0.3 is 5.11 Å². The largest absolute Gasteiger partial charge is 0.390 e. The topological polar surface area (TPSA) is 20.2 Å². The highest BCUT2D eigenvalue weighted by Gasteiger charge is 2.50. The highest BCUT2D eigenvalue weighted by molar-refractivity contribution is 5.34. The smallest absolute Gasteiger partial charge is 0.127 e. The summed E-state index contributed by atoms with van der Waals surface area (Å²) < 4.78 is 28.5. The van der Waals surface area contributed by atoms with E-state index in [0.717, 1.165) is 36.7 Å². The van der Waals surface area contributed by atoms with Crippen LogP contribution in [0.25, 0.3) is 0 Å². The summed E-state index contributed by atoms with van der Waals surface area (Å²) in [4.78, 5) is 0. The van der Waals surface area contributed by atoms with E-state index in [1.54, 1.807) is 6.07 Å². The first-order valence-corrected chi connectivity index (χ1v) is 25.8. The molecule has 2 aromatic rings. The molecule has 8 fully saturated rings. The third kappa shape index (κ3) is 12.5. The molecular formula is C56H88F2O. The standard InChI is InChI=1S/C28H43F.C15H21F.C13H24O/c1-3-5-6-14-27-15-18-28(19-16-27,20-17-27)25-13-12-24(21-26(25)29)23-10-8-22(7-4-2)9-11-23;1-2-4-12-7-9-13(10-8-12)14-5-3-6-15(16)11-14;1-2-3-4-5-12-6-9-13(14,10-7-12)11-8-12/h12-13,21-23H,3-11,14-20H2,1-2H3;3,5-6,11-13H,2,4,7-10H2,1H3;14H,2-11H2,1H3. The highest BCUT2D eigenvalue weighted by atomic mass is 19.1. The molecule has 1 N–H and O–H groups in total. The maximum absolute atomic E-state index is 15.4. The zero-order valence-electron chi connectivity index (χ0n) is 38.7. The fraction of sp³-hybridized carbons (Fsp3) is 0.786. The molecule has 0 saturated heterocycles. The Hall–Kier alpha value is -1.74. The van der Waals surface area contributed by atoms with Crippen molar-refractivity contribution in [3.63, 3.8) is 0 Å². The molecule has 0 aromatic heterocycles. The summed E-state index contributed by atoms with van der Waals surface area (Å²) in [6.07, 6.45) is 41.6. The van der Waals surface area contributed by atoms with Crippen molar-refractivity contribution >= 4 is 0 Å². The van der Waals surface area contributed by atoms with Crippen molar-refractivity contribution in [2.45, 2.75) is 256 Å². The molecule has 0 spiro atoms. The Morgan fingerprint density at radius 2 is 0.966 bits per heavy atom. The van der Waals surface area contributed by atoms with Crippen molar-refractivity contribution in [1.82, 2.24) is 0 Å². The van der Waals surface area contributed by atoms with Gasteiger partial charge in [0.05, 0.1) is 5.60 Å². The fourth-order valence-electron chi connectivity index (χ4n) is 13.5. The van der Waals surface area contributed by atoms with Gasteiger partial charge in [-0.3, -0.25) is 0 Å². The Bertz CT molecular complexity index is 1480. The van der Waals surface area contributed by atoms with E-state index in [-0.39, 0.29) is 22.7 Å². The quantitative estimate of drug-likeness (QED) is 0.178. The van der Waals surface area contributed by atoms with E-state index in [0.29, 0.717) is 22.7 Å². The first kappa shape index (κ1) is 46.8. The van der Waals surface area contributed by atoms with E-state index in [9.17, 15) is 9.50 Å². The van der Waals surface area contributed by atoms with E-state index in [4.69, 9.17) is 0 Å². The van der Waals surface area contributed by atoms with Gasteiger partial charge in [0.1, 0.15) is 11.6 Å². The fourth-order valence-corrected chi connectivity index (χ4v) is 13.5. The number of benzene rings is 2. The number of hydrogen-bond donors (Lipinski definition) is 1. The molecule has 0 amide bonds. The Balaban J connectivity index is 0.000000164. The molecule has 8 saturated carbocycles. The van der Waals surface area contributed by atoms with Gasteiger partial charge in [0.2, 0.25) is 0 Å². The number of fused-ring (bicyclic) bond motifs is 6. The predicted molar refractivity (Wildman–Crippen MR) is 247 cm³/mol. The number of aliphatic hydroxyl groups is 1. The summed E-state index contributed by atoms with van der Waals surface area (Å²) in [5.41, 5.74) is 4.70. The molecule has 8 aliphatic carbocycles. The zero-order chi connectivity index (χ0) is 41.8. The number of halogens is 2. The van der Waals surface area contributed by atoms with Crippen LogP contribution in [0.15, 0.2) is 42.5 Å². The minimum atomic E-state index is -0.244. The molecule has 0 radical (unpaired) electrons. The van der Waals surface area contributed by atoms with Gasteiger partial charge in [0, 0.05) is 0 Å². The summed E-state index contributed by atoms with van der Waals surface area (Å²) in [5.74, 6) is 3.06. The third-order valence-corrected chi connectivity index (χ3v) is 17.8. The molecule has 59 heavy (non-hydrogen) atoms. The maximum Gasteiger partial charge on any atom is 0.127 e. The van der Waals surface area contributed by atoms with Crippen molar-refractivity contribution in [2.24, 2.45) is 22.7 Å². The first-order valence-electron chi connectivity index (χ1n) is 25.8. The van der Waals surface area contributed by atoms with Crippen LogP contribution in [0, 0.1) is 34.3 Å². The van der Waals surface area contributed by atoms with Crippen molar-refractivity contribution in [3.8, 4) is 0 Å². The minimum Gasteiger partial charge on any atom is -0.390 e. The van der Waals surface area contributed by atoms with Gasteiger partial charge >= 0.3 is 0 Å². The van der Waals surface area contributed by atoms with Crippen LogP contribution in [0.3, 0.4) is 0 Å². The first-order chi connectivity index (χ1) is 28.6. The average molecular weight is 815 g/mol. The molecule has 10 rings (SSSR count). The predicted octanol–water partition coefficient (Wildman–Crippen LogP) is 17.6. The van der Waals surface area contributed by atoms with Crippen LogP contribution in [-0.2, 0) is 5.41 Å². The van der Waals surface area contributed by atoms with Crippen molar-refractivity contribution in [1.29, 1.82) is 0 Å².